The molecule has 3 heterocycles. The number of hydrogen-bond acceptors (Lipinski definition) is 7. The minimum atomic E-state index is -0.593. The number of morpholine rings is 1. The van der Waals surface area contributed by atoms with Gasteiger partial charge in [-0.15, -0.1) is 0 Å². The lowest BCUT2D eigenvalue weighted by Gasteiger charge is -2.36. The van der Waals surface area contributed by atoms with Crippen LogP contribution in [0.2, 0.25) is 0 Å². The third-order valence-electron chi connectivity index (χ3n) is 6.71. The Kier molecular flexibility index (Phi) is 6.61. The summed E-state index contributed by atoms with van der Waals surface area (Å²) in [6.07, 6.45) is 0.599. The number of aromatic nitrogens is 1. The van der Waals surface area contributed by atoms with Crippen molar-refractivity contribution in [2.75, 3.05) is 32.8 Å². The summed E-state index contributed by atoms with van der Waals surface area (Å²) in [5, 5.41) is 1.11. The smallest absolute Gasteiger partial charge is 0.149 e. The number of ether oxygens (including phenoxy) is 2. The van der Waals surface area contributed by atoms with Crippen molar-refractivity contribution in [2.45, 2.75) is 38.5 Å². The summed E-state index contributed by atoms with van der Waals surface area (Å²) in [4.78, 5) is 25.1. The molecule has 1 aromatic heterocycles. The molecule has 178 valence electrons. The number of Topliss-reactive ketones (excluding diaryl/α,β-unsaturated/α-hetero) is 1. The lowest BCUT2D eigenvalue weighted by atomic mass is 9.86. The summed E-state index contributed by atoms with van der Waals surface area (Å²) < 4.78 is 11.7. The highest BCUT2D eigenvalue weighted by atomic mass is 16.7. The molecule has 2 aromatic carbocycles. The van der Waals surface area contributed by atoms with E-state index in [1.54, 1.807) is 6.92 Å². The van der Waals surface area contributed by atoms with Gasteiger partial charge in [-0.3, -0.25) is 19.5 Å². The largest absolute Gasteiger partial charge is 0.489 e. The van der Waals surface area contributed by atoms with Crippen LogP contribution in [-0.2, 0) is 26.6 Å². The monoisotopic (exact) mass is 461 g/mol. The first-order valence-electron chi connectivity index (χ1n) is 11.9. The zero-order valence-electron chi connectivity index (χ0n) is 19.8. The number of hydroxylamine groups is 1. The standard InChI is InChI=1S/C27H31N3O4/c1-19-15-21(24-5-3-4-6-25(24)28-19)17-33-23-9-7-22(8-10-23)27(16-26(20(2)31)29-34-27)18-30-11-13-32-14-12-30/h3-10,15,26,29H,11-14,16-18H2,1-2H3. The van der Waals surface area contributed by atoms with Gasteiger partial charge in [0, 0.05) is 42.7 Å². The van der Waals surface area contributed by atoms with Gasteiger partial charge in [0.2, 0.25) is 0 Å². The van der Waals surface area contributed by atoms with Crippen molar-refractivity contribution in [3.63, 3.8) is 0 Å². The van der Waals surface area contributed by atoms with Crippen LogP contribution in [0, 0.1) is 6.92 Å². The minimum absolute atomic E-state index is 0.0867. The highest BCUT2D eigenvalue weighted by Crippen LogP contribution is 2.37. The van der Waals surface area contributed by atoms with E-state index in [4.69, 9.17) is 14.3 Å². The Morgan fingerprint density at radius 3 is 2.68 bits per heavy atom. The van der Waals surface area contributed by atoms with Crippen LogP contribution in [0.3, 0.4) is 0 Å². The van der Waals surface area contributed by atoms with E-state index in [2.05, 4.69) is 39.6 Å². The maximum absolute atomic E-state index is 12.0. The van der Waals surface area contributed by atoms with Crippen LogP contribution >= 0.6 is 0 Å². The summed E-state index contributed by atoms with van der Waals surface area (Å²) in [7, 11) is 0. The average Bonchev–Trinajstić information content (AvgIpc) is 3.29. The molecule has 2 saturated heterocycles. The Morgan fingerprint density at radius 1 is 1.18 bits per heavy atom. The van der Waals surface area contributed by atoms with Gasteiger partial charge in [0.1, 0.15) is 23.7 Å². The maximum Gasteiger partial charge on any atom is 0.149 e. The Labute approximate surface area is 200 Å². The number of hydrogen-bond donors (Lipinski definition) is 1. The molecule has 1 N–H and O–H groups in total. The zero-order valence-corrected chi connectivity index (χ0v) is 19.8. The summed E-state index contributed by atoms with van der Waals surface area (Å²) >= 11 is 0. The van der Waals surface area contributed by atoms with Crippen molar-refractivity contribution in [1.29, 1.82) is 0 Å². The summed E-state index contributed by atoms with van der Waals surface area (Å²) in [6.45, 7) is 7.93. The number of nitrogens with zero attached hydrogens (tertiary/aromatic N) is 2. The number of rotatable bonds is 7. The number of benzene rings is 2. The molecule has 7 heteroatoms. The molecule has 0 saturated carbocycles. The second kappa shape index (κ2) is 9.80. The summed E-state index contributed by atoms with van der Waals surface area (Å²) in [5.74, 6) is 0.876. The van der Waals surface area contributed by atoms with Crippen LogP contribution in [-0.4, -0.2) is 54.6 Å². The van der Waals surface area contributed by atoms with Crippen LogP contribution in [0.4, 0.5) is 0 Å². The van der Waals surface area contributed by atoms with Crippen molar-refractivity contribution in [3.8, 4) is 5.75 Å². The normalized spacial score (nSPS) is 23.3. The molecule has 7 nitrogen and oxygen atoms in total. The predicted octanol–water partition coefficient (Wildman–Crippen LogP) is 3.53. The average molecular weight is 462 g/mol. The topological polar surface area (TPSA) is 72.9 Å². The molecular formula is C27H31N3O4. The number of carbonyl (C=O) groups is 1. The third-order valence-corrected chi connectivity index (χ3v) is 6.71. The molecule has 0 bridgehead atoms. The van der Waals surface area contributed by atoms with E-state index in [0.717, 1.165) is 59.8 Å². The summed E-state index contributed by atoms with van der Waals surface area (Å²) in [6, 6.07) is 18.0. The summed E-state index contributed by atoms with van der Waals surface area (Å²) in [5.41, 5.74) is 6.49. The molecule has 2 atom stereocenters. The molecule has 5 rings (SSSR count). The van der Waals surface area contributed by atoms with Gasteiger partial charge >= 0.3 is 0 Å². The van der Waals surface area contributed by atoms with Crippen LogP contribution in [0.1, 0.15) is 30.2 Å². The zero-order chi connectivity index (χ0) is 23.5. The molecule has 0 amide bonds. The molecule has 2 fully saturated rings. The lowest BCUT2D eigenvalue weighted by Crippen LogP contribution is -2.46. The Bertz CT molecular complexity index is 1160. The van der Waals surface area contributed by atoms with E-state index >= 15 is 0 Å². The molecule has 2 aliphatic heterocycles. The van der Waals surface area contributed by atoms with Gasteiger partial charge in [-0.2, -0.15) is 5.48 Å². The number of pyridine rings is 1. The van der Waals surface area contributed by atoms with Gasteiger partial charge in [-0.1, -0.05) is 30.3 Å². The van der Waals surface area contributed by atoms with E-state index in [1.165, 1.54) is 0 Å². The number of carbonyl (C=O) groups excluding carboxylic acids is 1. The van der Waals surface area contributed by atoms with E-state index in [1.807, 2.05) is 37.3 Å². The molecule has 3 aromatic rings. The number of fused-ring (bicyclic) bond motifs is 1. The Balaban J connectivity index is 1.34. The molecule has 2 aliphatic rings. The van der Waals surface area contributed by atoms with E-state index in [0.29, 0.717) is 19.6 Å². The number of nitrogens with one attached hydrogen (secondary N) is 1. The van der Waals surface area contributed by atoms with Crippen LogP contribution in [0.5, 0.6) is 5.75 Å². The predicted molar refractivity (Wildman–Crippen MR) is 129 cm³/mol. The molecule has 0 aliphatic carbocycles. The number of aryl methyl sites for hydroxylation is 1. The molecule has 0 spiro atoms. The van der Waals surface area contributed by atoms with Gasteiger partial charge in [0.25, 0.3) is 0 Å². The molecule has 0 radical (unpaired) electrons. The van der Waals surface area contributed by atoms with Crippen LogP contribution in [0.25, 0.3) is 10.9 Å². The quantitative estimate of drug-likeness (QED) is 0.577. The van der Waals surface area contributed by atoms with Crippen LogP contribution < -0.4 is 10.2 Å². The fourth-order valence-electron chi connectivity index (χ4n) is 4.84. The molecular weight excluding hydrogens is 430 g/mol. The highest BCUT2D eigenvalue weighted by molar-refractivity contribution is 5.82. The third kappa shape index (κ3) is 4.83. The lowest BCUT2D eigenvalue weighted by molar-refractivity contribution is -0.121. The van der Waals surface area contributed by atoms with E-state index in [-0.39, 0.29) is 11.8 Å². The maximum atomic E-state index is 12.0. The second-order valence-electron chi connectivity index (χ2n) is 9.22. The first-order valence-corrected chi connectivity index (χ1v) is 11.9. The van der Waals surface area contributed by atoms with E-state index < -0.39 is 5.60 Å². The minimum Gasteiger partial charge on any atom is -0.489 e. The van der Waals surface area contributed by atoms with Crippen molar-refractivity contribution < 1.29 is 19.1 Å². The van der Waals surface area contributed by atoms with Gasteiger partial charge in [-0.25, -0.2) is 0 Å². The van der Waals surface area contributed by atoms with Crippen molar-refractivity contribution in [2.24, 2.45) is 0 Å². The second-order valence-corrected chi connectivity index (χ2v) is 9.22. The number of para-hydroxylation sites is 1. The molecule has 2 unspecified atom stereocenters. The van der Waals surface area contributed by atoms with Crippen molar-refractivity contribution in [1.82, 2.24) is 15.4 Å². The fraction of sp³-hybridized carbons (Fsp3) is 0.407. The first-order chi connectivity index (χ1) is 16.5. The van der Waals surface area contributed by atoms with Crippen molar-refractivity contribution >= 4 is 16.7 Å². The first kappa shape index (κ1) is 22.9. The van der Waals surface area contributed by atoms with Gasteiger partial charge in [-0.05, 0) is 43.7 Å². The van der Waals surface area contributed by atoms with Crippen LogP contribution in [0.15, 0.2) is 54.6 Å². The van der Waals surface area contributed by atoms with Gasteiger partial charge in [0.15, 0.2) is 0 Å². The fourth-order valence-corrected chi connectivity index (χ4v) is 4.84. The van der Waals surface area contributed by atoms with E-state index in [9.17, 15) is 4.79 Å². The SMILES string of the molecule is CC(=O)C1CC(CN2CCOCC2)(c2ccc(OCc3cc(C)nc4ccccc34)cc2)ON1. The Hall–Kier alpha value is -2.84. The Morgan fingerprint density at radius 2 is 1.94 bits per heavy atom. The molecule has 34 heavy (non-hydrogen) atoms. The highest BCUT2D eigenvalue weighted by Gasteiger charge is 2.45. The van der Waals surface area contributed by atoms with Gasteiger partial charge in [0.05, 0.1) is 24.8 Å². The van der Waals surface area contributed by atoms with Crippen molar-refractivity contribution in [3.05, 3.63) is 71.4 Å². The van der Waals surface area contributed by atoms with Gasteiger partial charge < -0.3 is 9.47 Å². The number of ketones is 1.